The molecule has 1 aromatic heterocycles. The van der Waals surface area contributed by atoms with Gasteiger partial charge in [-0.15, -0.1) is 0 Å². The minimum atomic E-state index is -2.63. The first kappa shape index (κ1) is 15.2. The molecule has 8 heteroatoms. The normalized spacial score (nSPS) is 25.0. The van der Waals surface area contributed by atoms with Crippen LogP contribution in [0.1, 0.15) is 43.8 Å². The lowest BCUT2D eigenvalue weighted by Gasteiger charge is -2.35. The molecule has 0 aliphatic heterocycles. The molecular formula is C14H17F3N4O. The summed E-state index contributed by atoms with van der Waals surface area (Å²) in [5, 5.41) is 12.4. The standard InChI is InChI=1S/C14H17F3N4O/c1-7-18-12(9-3-2-4-10(22)11(9)15)21-13(19-7)20-8-5-14(16,17)6-8/h8,10,22H,2-6H2,1H3,(H,18,19,20,21). The van der Waals surface area contributed by atoms with Crippen LogP contribution in [-0.4, -0.2) is 38.1 Å². The van der Waals surface area contributed by atoms with Gasteiger partial charge in [0, 0.05) is 24.5 Å². The van der Waals surface area contributed by atoms with Crippen molar-refractivity contribution in [1.82, 2.24) is 15.0 Å². The van der Waals surface area contributed by atoms with Crippen molar-refractivity contribution in [3.63, 3.8) is 0 Å². The van der Waals surface area contributed by atoms with E-state index in [1.54, 1.807) is 6.92 Å². The Morgan fingerprint density at radius 1 is 1.23 bits per heavy atom. The van der Waals surface area contributed by atoms with E-state index in [9.17, 15) is 18.3 Å². The number of alkyl halides is 2. The van der Waals surface area contributed by atoms with Crippen LogP contribution in [0.3, 0.4) is 0 Å². The summed E-state index contributed by atoms with van der Waals surface area (Å²) in [6.45, 7) is 1.63. The molecule has 22 heavy (non-hydrogen) atoms. The highest BCUT2D eigenvalue weighted by atomic mass is 19.3. The summed E-state index contributed by atoms with van der Waals surface area (Å²) in [6.07, 6.45) is -0.185. The van der Waals surface area contributed by atoms with Gasteiger partial charge in [-0.25, -0.2) is 18.2 Å². The Bertz CT molecular complexity index is 612. The van der Waals surface area contributed by atoms with Gasteiger partial charge in [-0.1, -0.05) is 0 Å². The number of hydrogen-bond donors (Lipinski definition) is 2. The number of nitrogens with zero attached hydrogens (tertiary/aromatic N) is 3. The lowest BCUT2D eigenvalue weighted by atomic mass is 9.88. The third-order valence-electron chi connectivity index (χ3n) is 3.93. The summed E-state index contributed by atoms with van der Waals surface area (Å²) in [6, 6.07) is -0.388. The molecule has 0 saturated heterocycles. The van der Waals surface area contributed by atoms with Crippen LogP contribution in [0.15, 0.2) is 5.83 Å². The van der Waals surface area contributed by atoms with E-state index in [2.05, 4.69) is 20.3 Å². The lowest BCUT2D eigenvalue weighted by molar-refractivity contribution is -0.0794. The molecular weight excluding hydrogens is 297 g/mol. The van der Waals surface area contributed by atoms with Crippen molar-refractivity contribution in [2.75, 3.05) is 5.32 Å². The summed E-state index contributed by atoms with van der Waals surface area (Å²) in [7, 11) is 0. The second-order valence-corrected chi connectivity index (χ2v) is 5.87. The molecule has 3 rings (SSSR count). The number of nitrogens with one attached hydrogen (secondary N) is 1. The van der Waals surface area contributed by atoms with Crippen LogP contribution in [0.5, 0.6) is 0 Å². The summed E-state index contributed by atoms with van der Waals surface area (Å²) in [5.41, 5.74) is 0.270. The van der Waals surface area contributed by atoms with Gasteiger partial charge in [0.25, 0.3) is 5.92 Å². The van der Waals surface area contributed by atoms with Gasteiger partial charge in [0.2, 0.25) is 5.95 Å². The Hall–Kier alpha value is -1.70. The maximum Gasteiger partial charge on any atom is 0.252 e. The van der Waals surface area contributed by atoms with Crippen molar-refractivity contribution >= 4 is 11.5 Å². The van der Waals surface area contributed by atoms with Crippen molar-refractivity contribution < 1.29 is 18.3 Å². The monoisotopic (exact) mass is 314 g/mol. The number of anilines is 1. The third kappa shape index (κ3) is 3.06. The SMILES string of the molecule is Cc1nc(NC2CC(F)(F)C2)nc(C2=C(F)C(O)CCC2)n1. The largest absolute Gasteiger partial charge is 0.386 e. The van der Waals surface area contributed by atoms with Gasteiger partial charge in [0.15, 0.2) is 5.82 Å². The molecule has 1 atom stereocenters. The first-order valence-corrected chi connectivity index (χ1v) is 7.28. The predicted molar refractivity (Wildman–Crippen MR) is 74.0 cm³/mol. The van der Waals surface area contributed by atoms with E-state index in [0.29, 0.717) is 25.1 Å². The minimum Gasteiger partial charge on any atom is -0.386 e. The minimum absolute atomic E-state index is 0.164. The molecule has 1 fully saturated rings. The summed E-state index contributed by atoms with van der Waals surface area (Å²) in [4.78, 5) is 12.3. The van der Waals surface area contributed by atoms with Gasteiger partial charge in [-0.3, -0.25) is 0 Å². The second kappa shape index (κ2) is 5.49. The Kier molecular flexibility index (Phi) is 3.80. The number of aliphatic hydroxyl groups excluding tert-OH is 1. The summed E-state index contributed by atoms with van der Waals surface area (Å²) < 4.78 is 39.8. The van der Waals surface area contributed by atoms with Gasteiger partial charge in [0.1, 0.15) is 17.8 Å². The highest BCUT2D eigenvalue weighted by Crippen LogP contribution is 2.39. The predicted octanol–water partition coefficient (Wildman–Crippen LogP) is 2.62. The lowest BCUT2D eigenvalue weighted by Crippen LogP contribution is -2.44. The molecule has 1 aromatic rings. The van der Waals surface area contributed by atoms with Crippen molar-refractivity contribution in [2.45, 2.75) is 57.1 Å². The van der Waals surface area contributed by atoms with Crippen molar-refractivity contribution in [3.8, 4) is 0 Å². The quantitative estimate of drug-likeness (QED) is 0.897. The molecule has 2 aliphatic carbocycles. The molecule has 0 spiro atoms. The number of hydrogen-bond acceptors (Lipinski definition) is 5. The van der Waals surface area contributed by atoms with Crippen LogP contribution in [0.2, 0.25) is 0 Å². The molecule has 2 N–H and O–H groups in total. The summed E-state index contributed by atoms with van der Waals surface area (Å²) >= 11 is 0. The first-order valence-electron chi connectivity index (χ1n) is 7.28. The molecule has 5 nitrogen and oxygen atoms in total. The van der Waals surface area contributed by atoms with Crippen LogP contribution in [0.4, 0.5) is 19.1 Å². The molecule has 0 amide bonds. The number of aliphatic hydroxyl groups is 1. The zero-order valence-electron chi connectivity index (χ0n) is 12.1. The highest BCUT2D eigenvalue weighted by molar-refractivity contribution is 5.64. The molecule has 120 valence electrons. The van der Waals surface area contributed by atoms with Gasteiger partial charge in [-0.2, -0.15) is 9.97 Å². The first-order chi connectivity index (χ1) is 10.3. The Labute approximate surface area is 125 Å². The fraction of sp³-hybridized carbons (Fsp3) is 0.643. The number of aromatic nitrogens is 3. The zero-order valence-corrected chi connectivity index (χ0v) is 12.1. The molecule has 1 saturated carbocycles. The second-order valence-electron chi connectivity index (χ2n) is 5.87. The Balaban J connectivity index is 1.83. The van der Waals surface area contributed by atoms with Gasteiger partial charge in [0.05, 0.1) is 0 Å². The van der Waals surface area contributed by atoms with E-state index in [0.717, 1.165) is 0 Å². The van der Waals surface area contributed by atoms with E-state index < -0.39 is 17.9 Å². The molecule has 0 aromatic carbocycles. The number of rotatable bonds is 3. The fourth-order valence-corrected chi connectivity index (χ4v) is 2.77. The zero-order chi connectivity index (χ0) is 15.9. The molecule has 2 aliphatic rings. The third-order valence-corrected chi connectivity index (χ3v) is 3.93. The number of halogens is 3. The van der Waals surface area contributed by atoms with E-state index in [1.807, 2.05) is 0 Å². The van der Waals surface area contributed by atoms with Gasteiger partial charge in [-0.05, 0) is 26.2 Å². The van der Waals surface area contributed by atoms with Crippen LogP contribution < -0.4 is 5.32 Å². The maximum atomic E-state index is 14.0. The molecule has 1 unspecified atom stereocenters. The average molecular weight is 314 g/mol. The maximum absolute atomic E-state index is 14.0. The van der Waals surface area contributed by atoms with Crippen LogP contribution in [-0.2, 0) is 0 Å². The summed E-state index contributed by atoms with van der Waals surface area (Å²) in [5.74, 6) is -2.54. The fourth-order valence-electron chi connectivity index (χ4n) is 2.77. The van der Waals surface area contributed by atoms with Crippen molar-refractivity contribution in [1.29, 1.82) is 0 Å². The van der Waals surface area contributed by atoms with Crippen LogP contribution in [0.25, 0.3) is 5.57 Å². The molecule has 0 radical (unpaired) electrons. The van der Waals surface area contributed by atoms with E-state index in [1.165, 1.54) is 0 Å². The van der Waals surface area contributed by atoms with Crippen molar-refractivity contribution in [3.05, 3.63) is 17.5 Å². The molecule has 0 bridgehead atoms. The molecule has 1 heterocycles. The Morgan fingerprint density at radius 3 is 2.64 bits per heavy atom. The van der Waals surface area contributed by atoms with Gasteiger partial charge < -0.3 is 10.4 Å². The van der Waals surface area contributed by atoms with E-state index >= 15 is 0 Å². The van der Waals surface area contributed by atoms with Crippen molar-refractivity contribution in [2.24, 2.45) is 0 Å². The van der Waals surface area contributed by atoms with Crippen LogP contribution in [0, 0.1) is 6.92 Å². The van der Waals surface area contributed by atoms with E-state index in [-0.39, 0.29) is 36.2 Å². The smallest absolute Gasteiger partial charge is 0.252 e. The number of aryl methyl sites for hydroxylation is 1. The van der Waals surface area contributed by atoms with E-state index in [4.69, 9.17) is 0 Å². The van der Waals surface area contributed by atoms with Gasteiger partial charge >= 0.3 is 0 Å². The van der Waals surface area contributed by atoms with Crippen LogP contribution >= 0.6 is 0 Å². The topological polar surface area (TPSA) is 70.9 Å². The Morgan fingerprint density at radius 2 is 1.95 bits per heavy atom. The highest BCUT2D eigenvalue weighted by Gasteiger charge is 2.45. The number of allylic oxidation sites excluding steroid dienone is 1. The average Bonchev–Trinajstić information content (AvgIpc) is 2.39.